The maximum absolute atomic E-state index is 8.27. The first-order chi connectivity index (χ1) is 5.74. The molecule has 0 aromatic heterocycles. The molecule has 0 saturated heterocycles. The molecule has 1 aromatic rings. The Bertz CT molecular complexity index is 319. The smallest absolute Gasteiger partial charge is 0.174 e. The summed E-state index contributed by atoms with van der Waals surface area (Å²) in [4.78, 5) is 0. The zero-order valence-electron chi connectivity index (χ0n) is 6.25. The Morgan fingerprint density at radius 2 is 2.33 bits per heavy atom. The monoisotopic (exact) mass is 226 g/mol. The van der Waals surface area contributed by atoms with Gasteiger partial charge in [0.05, 0.1) is 4.47 Å². The van der Waals surface area contributed by atoms with E-state index in [2.05, 4.69) is 15.9 Å². The van der Waals surface area contributed by atoms with Gasteiger partial charge in [-0.25, -0.2) is 0 Å². The molecule has 62 valence electrons. The van der Waals surface area contributed by atoms with Gasteiger partial charge in [-0.05, 0) is 28.1 Å². The van der Waals surface area contributed by atoms with E-state index in [1.165, 1.54) is 0 Å². The van der Waals surface area contributed by atoms with Gasteiger partial charge >= 0.3 is 0 Å². The molecule has 12 heavy (non-hydrogen) atoms. The van der Waals surface area contributed by atoms with Gasteiger partial charge in [-0.1, -0.05) is 0 Å². The van der Waals surface area contributed by atoms with Gasteiger partial charge in [0.2, 0.25) is 0 Å². The molecular weight excluding hydrogens is 220 g/mol. The highest BCUT2D eigenvalue weighted by atomic mass is 79.9. The normalized spacial score (nSPS) is 9.00. The Kier molecular flexibility index (Phi) is 2.94. The van der Waals surface area contributed by atoms with Crippen LogP contribution in [0.2, 0.25) is 0 Å². The largest absolute Gasteiger partial charge is 0.477 e. The minimum Gasteiger partial charge on any atom is -0.477 e. The summed E-state index contributed by atoms with van der Waals surface area (Å²) < 4.78 is 5.88. The topological polar surface area (TPSA) is 59.0 Å². The van der Waals surface area contributed by atoms with Gasteiger partial charge in [0.15, 0.2) is 6.61 Å². The SMILES string of the molecule is N#CCOc1cc(N)ccc1Br. The van der Waals surface area contributed by atoms with E-state index < -0.39 is 0 Å². The fraction of sp³-hybridized carbons (Fsp3) is 0.125. The zero-order valence-corrected chi connectivity index (χ0v) is 7.84. The molecule has 0 amide bonds. The second-order valence-corrected chi connectivity index (χ2v) is 2.99. The molecule has 0 aliphatic rings. The maximum Gasteiger partial charge on any atom is 0.174 e. The Morgan fingerprint density at radius 3 is 3.00 bits per heavy atom. The number of hydrogen-bond acceptors (Lipinski definition) is 3. The Hall–Kier alpha value is -1.21. The van der Waals surface area contributed by atoms with Crippen LogP contribution < -0.4 is 10.5 Å². The summed E-state index contributed by atoms with van der Waals surface area (Å²) >= 11 is 3.27. The van der Waals surface area contributed by atoms with Crippen LogP contribution in [0.15, 0.2) is 22.7 Å². The fourth-order valence-electron chi connectivity index (χ4n) is 0.741. The highest BCUT2D eigenvalue weighted by molar-refractivity contribution is 9.10. The molecule has 0 aliphatic heterocycles. The van der Waals surface area contributed by atoms with Crippen molar-refractivity contribution in [2.45, 2.75) is 0 Å². The van der Waals surface area contributed by atoms with E-state index in [9.17, 15) is 0 Å². The molecule has 0 spiro atoms. The molecule has 0 heterocycles. The number of halogens is 1. The minimum absolute atomic E-state index is 0.0298. The van der Waals surface area contributed by atoms with E-state index in [0.717, 1.165) is 4.47 Å². The Morgan fingerprint density at radius 1 is 1.58 bits per heavy atom. The van der Waals surface area contributed by atoms with Crippen LogP contribution in [-0.4, -0.2) is 6.61 Å². The molecule has 0 bridgehead atoms. The minimum atomic E-state index is 0.0298. The molecule has 0 unspecified atom stereocenters. The molecule has 0 radical (unpaired) electrons. The average molecular weight is 227 g/mol. The quantitative estimate of drug-likeness (QED) is 0.785. The summed E-state index contributed by atoms with van der Waals surface area (Å²) in [6, 6.07) is 7.08. The second kappa shape index (κ2) is 3.98. The fourth-order valence-corrected chi connectivity index (χ4v) is 1.10. The lowest BCUT2D eigenvalue weighted by atomic mass is 10.3. The van der Waals surface area contributed by atoms with E-state index in [1.54, 1.807) is 18.2 Å². The summed E-state index contributed by atoms with van der Waals surface area (Å²) in [6.45, 7) is 0.0298. The van der Waals surface area contributed by atoms with Crippen LogP contribution in [0.25, 0.3) is 0 Å². The predicted molar refractivity (Wildman–Crippen MR) is 49.7 cm³/mol. The van der Waals surface area contributed by atoms with Crippen molar-refractivity contribution in [3.63, 3.8) is 0 Å². The van der Waals surface area contributed by atoms with E-state index in [1.807, 2.05) is 6.07 Å². The van der Waals surface area contributed by atoms with Crippen LogP contribution in [0, 0.1) is 11.3 Å². The number of nitrogens with two attached hydrogens (primary N) is 1. The number of nitrogen functional groups attached to an aromatic ring is 1. The second-order valence-electron chi connectivity index (χ2n) is 2.14. The van der Waals surface area contributed by atoms with E-state index in [0.29, 0.717) is 11.4 Å². The van der Waals surface area contributed by atoms with Crippen molar-refractivity contribution in [1.29, 1.82) is 5.26 Å². The van der Waals surface area contributed by atoms with E-state index in [-0.39, 0.29) is 6.61 Å². The summed E-state index contributed by atoms with van der Waals surface area (Å²) in [7, 11) is 0. The average Bonchev–Trinajstić information content (AvgIpc) is 2.07. The number of benzene rings is 1. The van der Waals surface area contributed by atoms with Crippen LogP contribution in [0.4, 0.5) is 5.69 Å². The third-order valence-electron chi connectivity index (χ3n) is 1.25. The summed E-state index contributed by atoms with van der Waals surface area (Å²) in [5, 5.41) is 8.27. The first kappa shape index (κ1) is 8.88. The summed E-state index contributed by atoms with van der Waals surface area (Å²) in [5.74, 6) is 0.594. The standard InChI is InChI=1S/C8H7BrN2O/c9-7-2-1-6(11)5-8(7)12-4-3-10/h1-2,5H,4,11H2. The molecule has 3 nitrogen and oxygen atoms in total. The van der Waals surface area contributed by atoms with Crippen LogP contribution in [0.5, 0.6) is 5.75 Å². The summed E-state index contributed by atoms with van der Waals surface area (Å²) in [5.41, 5.74) is 6.13. The molecule has 0 atom stereocenters. The van der Waals surface area contributed by atoms with Gasteiger partial charge in [-0.3, -0.25) is 0 Å². The number of rotatable bonds is 2. The van der Waals surface area contributed by atoms with Crippen LogP contribution in [-0.2, 0) is 0 Å². The van der Waals surface area contributed by atoms with Crippen molar-refractivity contribution in [1.82, 2.24) is 0 Å². The first-order valence-corrected chi connectivity index (χ1v) is 4.08. The van der Waals surface area contributed by atoms with Crippen LogP contribution in [0.1, 0.15) is 0 Å². The van der Waals surface area contributed by atoms with Crippen molar-refractivity contribution < 1.29 is 4.74 Å². The van der Waals surface area contributed by atoms with Gasteiger partial charge in [-0.15, -0.1) is 0 Å². The molecule has 0 aliphatic carbocycles. The number of nitriles is 1. The zero-order chi connectivity index (χ0) is 8.97. The maximum atomic E-state index is 8.27. The number of anilines is 1. The molecular formula is C8H7BrN2O. The van der Waals surface area contributed by atoms with Crippen molar-refractivity contribution >= 4 is 21.6 Å². The molecule has 0 saturated carbocycles. The highest BCUT2D eigenvalue weighted by Gasteiger charge is 1.99. The third kappa shape index (κ3) is 2.14. The predicted octanol–water partition coefficient (Wildman–Crippen LogP) is 1.93. The van der Waals surface area contributed by atoms with Gasteiger partial charge in [0.25, 0.3) is 0 Å². The highest BCUT2D eigenvalue weighted by Crippen LogP contribution is 2.26. The van der Waals surface area contributed by atoms with Gasteiger partial charge in [0.1, 0.15) is 11.8 Å². The van der Waals surface area contributed by atoms with Gasteiger partial charge in [0, 0.05) is 11.8 Å². The lowest BCUT2D eigenvalue weighted by molar-refractivity contribution is 0.366. The Labute approximate surface area is 78.9 Å². The van der Waals surface area contributed by atoms with Crippen molar-refractivity contribution in [3.8, 4) is 11.8 Å². The molecule has 2 N–H and O–H groups in total. The van der Waals surface area contributed by atoms with Gasteiger partial charge in [-0.2, -0.15) is 5.26 Å². The van der Waals surface area contributed by atoms with Gasteiger partial charge < -0.3 is 10.5 Å². The Balaban J connectivity index is 2.84. The van der Waals surface area contributed by atoms with E-state index >= 15 is 0 Å². The number of nitrogens with zero attached hydrogens (tertiary/aromatic N) is 1. The van der Waals surface area contributed by atoms with Crippen molar-refractivity contribution in [2.24, 2.45) is 0 Å². The van der Waals surface area contributed by atoms with Crippen LogP contribution >= 0.6 is 15.9 Å². The third-order valence-corrected chi connectivity index (χ3v) is 1.90. The number of ether oxygens (including phenoxy) is 1. The lowest BCUT2D eigenvalue weighted by Gasteiger charge is -2.04. The van der Waals surface area contributed by atoms with E-state index in [4.69, 9.17) is 15.7 Å². The number of hydrogen-bond donors (Lipinski definition) is 1. The molecule has 1 rings (SSSR count). The van der Waals surface area contributed by atoms with Crippen LogP contribution in [0.3, 0.4) is 0 Å². The molecule has 1 aromatic carbocycles. The first-order valence-electron chi connectivity index (χ1n) is 3.29. The summed E-state index contributed by atoms with van der Waals surface area (Å²) in [6.07, 6.45) is 0. The molecule has 0 fully saturated rings. The molecule has 4 heteroatoms. The lowest BCUT2D eigenvalue weighted by Crippen LogP contribution is -1.95. The van der Waals surface area contributed by atoms with Crippen molar-refractivity contribution in [2.75, 3.05) is 12.3 Å². The van der Waals surface area contributed by atoms with Crippen molar-refractivity contribution in [3.05, 3.63) is 22.7 Å².